The molecule has 0 bridgehead atoms. The van der Waals surface area contributed by atoms with Crippen molar-refractivity contribution in [2.24, 2.45) is 0 Å². The molecule has 0 aliphatic heterocycles. The van der Waals surface area contributed by atoms with Gasteiger partial charge in [-0.25, -0.2) is 0 Å². The molecular formula is C16H16N2O2. The van der Waals surface area contributed by atoms with Gasteiger partial charge in [-0.3, -0.25) is 0 Å². The third kappa shape index (κ3) is 3.42. The largest absolute Gasteiger partial charge is 0.507 e. The summed E-state index contributed by atoms with van der Waals surface area (Å²) in [4.78, 5) is 0. The van der Waals surface area contributed by atoms with Crippen LogP contribution in [0.3, 0.4) is 0 Å². The molecule has 0 aliphatic rings. The van der Waals surface area contributed by atoms with E-state index in [0.29, 0.717) is 18.0 Å². The molecule has 0 radical (unpaired) electrons. The number of phenols is 1. The minimum atomic E-state index is 0.0456. The van der Waals surface area contributed by atoms with Crippen molar-refractivity contribution in [1.29, 1.82) is 5.26 Å². The predicted molar refractivity (Wildman–Crippen MR) is 77.7 cm³/mol. The lowest BCUT2D eigenvalue weighted by Gasteiger charge is -2.10. The zero-order valence-electron chi connectivity index (χ0n) is 11.3. The van der Waals surface area contributed by atoms with Gasteiger partial charge in [-0.1, -0.05) is 18.2 Å². The fraction of sp³-hybridized carbons (Fsp3) is 0.188. The molecule has 4 heteroatoms. The molecule has 0 fully saturated rings. The summed E-state index contributed by atoms with van der Waals surface area (Å²) >= 11 is 0. The van der Waals surface area contributed by atoms with Crippen LogP contribution in [0.5, 0.6) is 11.5 Å². The van der Waals surface area contributed by atoms with Crippen LogP contribution in [-0.4, -0.2) is 11.7 Å². The number of aromatic hydroxyl groups is 1. The molecule has 2 aromatic rings. The van der Waals surface area contributed by atoms with Gasteiger partial charge in [0.15, 0.2) is 6.61 Å². The van der Waals surface area contributed by atoms with E-state index >= 15 is 0 Å². The molecule has 2 rings (SSSR count). The highest BCUT2D eigenvalue weighted by molar-refractivity contribution is 5.48. The number of phenolic OH excluding ortho intramolecular Hbond substituents is 1. The Morgan fingerprint density at radius 2 is 1.95 bits per heavy atom. The predicted octanol–water partition coefficient (Wildman–Crippen LogP) is 3.22. The molecule has 2 N–H and O–H groups in total. The van der Waals surface area contributed by atoms with Gasteiger partial charge in [-0.05, 0) is 36.8 Å². The summed E-state index contributed by atoms with van der Waals surface area (Å²) in [6.07, 6.45) is 0. The minimum absolute atomic E-state index is 0.0456. The second-order valence-electron chi connectivity index (χ2n) is 4.41. The number of ether oxygens (including phenoxy) is 1. The molecule has 0 unspecified atom stereocenters. The number of hydrogen-bond acceptors (Lipinski definition) is 4. The first-order chi connectivity index (χ1) is 9.70. The molecule has 102 valence electrons. The van der Waals surface area contributed by atoms with Gasteiger partial charge in [-0.15, -0.1) is 0 Å². The van der Waals surface area contributed by atoms with E-state index in [-0.39, 0.29) is 6.61 Å². The highest BCUT2D eigenvalue weighted by atomic mass is 16.5. The summed E-state index contributed by atoms with van der Waals surface area (Å²) in [6.45, 7) is 2.47. The maximum Gasteiger partial charge on any atom is 0.174 e. The second-order valence-corrected chi connectivity index (χ2v) is 4.41. The summed E-state index contributed by atoms with van der Waals surface area (Å²) in [5, 5.41) is 21.6. The topological polar surface area (TPSA) is 65.3 Å². The first-order valence-corrected chi connectivity index (χ1v) is 6.32. The van der Waals surface area contributed by atoms with Crippen LogP contribution in [-0.2, 0) is 6.54 Å². The van der Waals surface area contributed by atoms with Crippen molar-refractivity contribution >= 4 is 5.69 Å². The van der Waals surface area contributed by atoms with Crippen LogP contribution in [0.4, 0.5) is 5.69 Å². The quantitative estimate of drug-likeness (QED) is 0.873. The number of rotatable bonds is 5. The number of aryl methyl sites for hydroxylation is 1. The van der Waals surface area contributed by atoms with Gasteiger partial charge in [0.25, 0.3) is 0 Å². The van der Waals surface area contributed by atoms with Crippen LogP contribution < -0.4 is 10.1 Å². The lowest BCUT2D eigenvalue weighted by atomic mass is 10.1. The highest BCUT2D eigenvalue weighted by Gasteiger charge is 2.03. The van der Waals surface area contributed by atoms with Gasteiger partial charge >= 0.3 is 0 Å². The Balaban J connectivity index is 1.97. The number of nitrogens with zero attached hydrogens (tertiary/aromatic N) is 1. The molecule has 0 aliphatic carbocycles. The molecule has 20 heavy (non-hydrogen) atoms. The van der Waals surface area contributed by atoms with E-state index in [2.05, 4.69) is 5.32 Å². The van der Waals surface area contributed by atoms with Crippen LogP contribution in [0.15, 0.2) is 42.5 Å². The molecule has 0 atom stereocenters. The average molecular weight is 268 g/mol. The molecule has 0 spiro atoms. The Labute approximate surface area is 118 Å². The molecule has 2 aromatic carbocycles. The summed E-state index contributed by atoms with van der Waals surface area (Å²) in [5.74, 6) is 0.990. The van der Waals surface area contributed by atoms with E-state index in [1.165, 1.54) is 0 Å². The Hall–Kier alpha value is -2.67. The van der Waals surface area contributed by atoms with Gasteiger partial charge in [0.05, 0.1) is 0 Å². The van der Waals surface area contributed by atoms with Crippen molar-refractivity contribution in [1.82, 2.24) is 0 Å². The van der Waals surface area contributed by atoms with E-state index in [4.69, 9.17) is 10.00 Å². The number of anilines is 1. The van der Waals surface area contributed by atoms with Crippen molar-refractivity contribution < 1.29 is 9.84 Å². The number of benzene rings is 2. The summed E-state index contributed by atoms with van der Waals surface area (Å²) in [6, 6.07) is 15.0. The maximum absolute atomic E-state index is 9.93. The third-order valence-electron chi connectivity index (χ3n) is 2.96. The number of para-hydroxylation sites is 1. The SMILES string of the molecule is Cc1cccc(CNc2ccc(OCC#N)cc2)c1O. The Bertz CT molecular complexity index is 615. The van der Waals surface area contributed by atoms with Crippen molar-refractivity contribution in [3.63, 3.8) is 0 Å². The lowest BCUT2D eigenvalue weighted by molar-refractivity contribution is 0.368. The first kappa shape index (κ1) is 13.8. The van der Waals surface area contributed by atoms with E-state index in [1.54, 1.807) is 12.1 Å². The monoisotopic (exact) mass is 268 g/mol. The molecule has 0 amide bonds. The molecular weight excluding hydrogens is 252 g/mol. The van der Waals surface area contributed by atoms with Crippen LogP contribution in [0.2, 0.25) is 0 Å². The number of nitrogens with one attached hydrogen (secondary N) is 1. The number of nitriles is 1. The van der Waals surface area contributed by atoms with E-state index in [0.717, 1.165) is 16.8 Å². The normalized spacial score (nSPS) is 9.80. The Morgan fingerprint density at radius 1 is 1.20 bits per heavy atom. The third-order valence-corrected chi connectivity index (χ3v) is 2.96. The molecule has 0 saturated heterocycles. The van der Waals surface area contributed by atoms with Crippen molar-refractivity contribution in [3.05, 3.63) is 53.6 Å². The Kier molecular flexibility index (Phi) is 4.46. The average Bonchev–Trinajstić information content (AvgIpc) is 2.48. The molecule has 0 saturated carbocycles. The van der Waals surface area contributed by atoms with Gasteiger partial charge in [0.2, 0.25) is 0 Å². The van der Waals surface area contributed by atoms with Gasteiger partial charge in [0, 0.05) is 17.8 Å². The van der Waals surface area contributed by atoms with Crippen LogP contribution in [0.25, 0.3) is 0 Å². The standard InChI is InChI=1S/C16H16N2O2/c1-12-3-2-4-13(16(12)19)11-18-14-5-7-15(8-6-14)20-10-9-17/h2-8,18-19H,10-11H2,1H3. The molecule has 4 nitrogen and oxygen atoms in total. The summed E-state index contributed by atoms with van der Waals surface area (Å²) in [5.41, 5.74) is 2.65. The number of hydrogen-bond donors (Lipinski definition) is 2. The van der Waals surface area contributed by atoms with Crippen LogP contribution in [0, 0.1) is 18.3 Å². The highest BCUT2D eigenvalue weighted by Crippen LogP contribution is 2.23. The maximum atomic E-state index is 9.93. The Morgan fingerprint density at radius 3 is 2.65 bits per heavy atom. The van der Waals surface area contributed by atoms with Crippen molar-refractivity contribution in [2.75, 3.05) is 11.9 Å². The fourth-order valence-electron chi connectivity index (χ4n) is 1.84. The fourth-order valence-corrected chi connectivity index (χ4v) is 1.84. The van der Waals surface area contributed by atoms with E-state index < -0.39 is 0 Å². The van der Waals surface area contributed by atoms with Crippen LogP contribution >= 0.6 is 0 Å². The van der Waals surface area contributed by atoms with E-state index in [1.807, 2.05) is 43.3 Å². The minimum Gasteiger partial charge on any atom is -0.507 e. The molecule has 0 heterocycles. The van der Waals surface area contributed by atoms with Crippen molar-refractivity contribution in [2.45, 2.75) is 13.5 Å². The van der Waals surface area contributed by atoms with E-state index in [9.17, 15) is 5.11 Å². The lowest BCUT2D eigenvalue weighted by Crippen LogP contribution is -2.00. The summed E-state index contributed by atoms with van der Waals surface area (Å²) < 4.78 is 5.18. The smallest absolute Gasteiger partial charge is 0.174 e. The van der Waals surface area contributed by atoms with Gasteiger partial charge < -0.3 is 15.2 Å². The zero-order chi connectivity index (χ0) is 14.4. The van der Waals surface area contributed by atoms with Crippen molar-refractivity contribution in [3.8, 4) is 17.6 Å². The van der Waals surface area contributed by atoms with Gasteiger partial charge in [-0.2, -0.15) is 5.26 Å². The zero-order valence-corrected chi connectivity index (χ0v) is 11.3. The first-order valence-electron chi connectivity index (χ1n) is 6.32. The van der Waals surface area contributed by atoms with Gasteiger partial charge in [0.1, 0.15) is 17.6 Å². The second kappa shape index (κ2) is 6.48. The summed E-state index contributed by atoms with van der Waals surface area (Å²) in [7, 11) is 0. The van der Waals surface area contributed by atoms with Crippen LogP contribution in [0.1, 0.15) is 11.1 Å². The molecule has 0 aromatic heterocycles.